The maximum Gasteiger partial charge on any atom is 0.341 e. The predicted octanol–water partition coefficient (Wildman–Crippen LogP) is 3.51. The molecule has 23 heavy (non-hydrogen) atoms. The molecule has 0 fully saturated rings. The molecule has 0 spiro atoms. The summed E-state index contributed by atoms with van der Waals surface area (Å²) in [5.74, 6) is -2.16. The highest BCUT2D eigenvalue weighted by atomic mass is 35.5. The summed E-state index contributed by atoms with van der Waals surface area (Å²) in [6.45, 7) is 1.31. The van der Waals surface area contributed by atoms with E-state index in [1.165, 1.54) is 6.07 Å². The number of nitrogens with one attached hydrogen (secondary N) is 1. The highest BCUT2D eigenvalue weighted by molar-refractivity contribution is 6.30. The second kappa shape index (κ2) is 7.74. The Morgan fingerprint density at radius 2 is 1.91 bits per heavy atom. The van der Waals surface area contributed by atoms with Crippen LogP contribution in [-0.4, -0.2) is 18.5 Å². The first-order chi connectivity index (χ1) is 11.0. The number of halogens is 2. The van der Waals surface area contributed by atoms with E-state index in [-0.39, 0.29) is 16.6 Å². The average molecular weight is 336 g/mol. The molecule has 0 saturated carbocycles. The van der Waals surface area contributed by atoms with Gasteiger partial charge in [-0.15, -0.1) is 0 Å². The Labute approximate surface area is 138 Å². The molecule has 2 aromatic rings. The van der Waals surface area contributed by atoms with Gasteiger partial charge in [0.15, 0.2) is 6.61 Å². The van der Waals surface area contributed by atoms with E-state index in [1.54, 1.807) is 0 Å². The van der Waals surface area contributed by atoms with Crippen molar-refractivity contribution in [3.05, 3.63) is 70.5 Å². The van der Waals surface area contributed by atoms with Crippen molar-refractivity contribution < 1.29 is 18.7 Å². The molecule has 1 N–H and O–H groups in total. The van der Waals surface area contributed by atoms with Gasteiger partial charge in [0.2, 0.25) is 0 Å². The van der Waals surface area contributed by atoms with Crippen molar-refractivity contribution in [3.63, 3.8) is 0 Å². The Balaban J connectivity index is 1.89. The minimum Gasteiger partial charge on any atom is -0.452 e. The van der Waals surface area contributed by atoms with Crippen LogP contribution in [0.15, 0.2) is 48.5 Å². The van der Waals surface area contributed by atoms with E-state index in [0.717, 1.165) is 17.7 Å². The van der Waals surface area contributed by atoms with E-state index >= 15 is 0 Å². The first-order valence-corrected chi connectivity index (χ1v) is 7.31. The molecule has 0 aliphatic carbocycles. The van der Waals surface area contributed by atoms with Crippen LogP contribution in [0.3, 0.4) is 0 Å². The molecule has 0 aromatic heterocycles. The summed E-state index contributed by atoms with van der Waals surface area (Å²) in [7, 11) is 0. The van der Waals surface area contributed by atoms with E-state index in [4.69, 9.17) is 16.3 Å². The molecule has 0 aliphatic rings. The number of esters is 1. The largest absolute Gasteiger partial charge is 0.452 e. The van der Waals surface area contributed by atoms with E-state index in [0.29, 0.717) is 0 Å². The lowest BCUT2D eigenvalue weighted by Crippen LogP contribution is -2.31. The number of benzene rings is 2. The fraction of sp³-hybridized carbons (Fsp3) is 0.176. The molecule has 0 heterocycles. The van der Waals surface area contributed by atoms with Gasteiger partial charge in [-0.3, -0.25) is 4.79 Å². The molecule has 0 radical (unpaired) electrons. The van der Waals surface area contributed by atoms with Crippen LogP contribution in [0.2, 0.25) is 5.02 Å². The molecule has 2 rings (SSSR count). The zero-order chi connectivity index (χ0) is 16.8. The van der Waals surface area contributed by atoms with E-state index < -0.39 is 24.3 Å². The lowest BCUT2D eigenvalue weighted by Gasteiger charge is -2.14. The summed E-state index contributed by atoms with van der Waals surface area (Å²) in [6, 6.07) is 12.7. The third-order valence-corrected chi connectivity index (χ3v) is 3.39. The lowest BCUT2D eigenvalue weighted by atomic mass is 10.1. The van der Waals surface area contributed by atoms with Crippen LogP contribution in [0.1, 0.15) is 28.9 Å². The monoisotopic (exact) mass is 335 g/mol. The maximum atomic E-state index is 13.5. The van der Waals surface area contributed by atoms with Gasteiger partial charge >= 0.3 is 5.97 Å². The number of amides is 1. The molecule has 2 aromatic carbocycles. The smallest absolute Gasteiger partial charge is 0.341 e. The van der Waals surface area contributed by atoms with E-state index in [9.17, 15) is 14.0 Å². The summed E-state index contributed by atoms with van der Waals surface area (Å²) in [5, 5.41) is 2.90. The Kier molecular flexibility index (Phi) is 5.71. The van der Waals surface area contributed by atoms with Crippen LogP contribution in [0.25, 0.3) is 0 Å². The van der Waals surface area contributed by atoms with Crippen molar-refractivity contribution in [2.24, 2.45) is 0 Å². The molecular weight excluding hydrogens is 321 g/mol. The summed E-state index contributed by atoms with van der Waals surface area (Å²) in [4.78, 5) is 23.6. The third kappa shape index (κ3) is 4.79. The molecule has 0 bridgehead atoms. The second-order valence-corrected chi connectivity index (χ2v) is 5.34. The van der Waals surface area contributed by atoms with Gasteiger partial charge in [-0.2, -0.15) is 0 Å². The molecule has 1 amide bonds. The zero-order valence-electron chi connectivity index (χ0n) is 12.4. The van der Waals surface area contributed by atoms with Crippen molar-refractivity contribution in [2.45, 2.75) is 13.0 Å². The first kappa shape index (κ1) is 17.0. The van der Waals surface area contributed by atoms with Crippen LogP contribution in [0.4, 0.5) is 4.39 Å². The van der Waals surface area contributed by atoms with Crippen LogP contribution in [0, 0.1) is 5.82 Å². The third-order valence-electron chi connectivity index (χ3n) is 3.16. The first-order valence-electron chi connectivity index (χ1n) is 6.94. The average Bonchev–Trinajstić information content (AvgIpc) is 2.55. The molecule has 0 unspecified atom stereocenters. The van der Waals surface area contributed by atoms with E-state index in [1.807, 2.05) is 37.3 Å². The highest BCUT2D eigenvalue weighted by Crippen LogP contribution is 2.16. The van der Waals surface area contributed by atoms with E-state index in [2.05, 4.69) is 5.32 Å². The fourth-order valence-electron chi connectivity index (χ4n) is 1.97. The van der Waals surface area contributed by atoms with Crippen molar-refractivity contribution in [1.29, 1.82) is 0 Å². The van der Waals surface area contributed by atoms with Gasteiger partial charge in [-0.25, -0.2) is 9.18 Å². The van der Waals surface area contributed by atoms with Gasteiger partial charge in [0, 0.05) is 5.02 Å². The Bertz CT molecular complexity index is 706. The SMILES string of the molecule is C[C@@H](NC(=O)COC(=O)c1cc(Cl)ccc1F)c1ccccc1. The number of hydrogen-bond donors (Lipinski definition) is 1. The number of rotatable bonds is 5. The minimum atomic E-state index is -0.937. The van der Waals surface area contributed by atoms with Crippen LogP contribution >= 0.6 is 11.6 Å². The second-order valence-electron chi connectivity index (χ2n) is 4.90. The van der Waals surface area contributed by atoms with Gasteiger partial charge < -0.3 is 10.1 Å². The Hall–Kier alpha value is -2.40. The quantitative estimate of drug-likeness (QED) is 0.851. The number of hydrogen-bond acceptors (Lipinski definition) is 3. The summed E-state index contributed by atoms with van der Waals surface area (Å²) >= 11 is 5.71. The topological polar surface area (TPSA) is 55.4 Å². The van der Waals surface area contributed by atoms with Gasteiger partial charge in [0.25, 0.3) is 5.91 Å². The van der Waals surface area contributed by atoms with Crippen molar-refractivity contribution in [3.8, 4) is 0 Å². The fourth-order valence-corrected chi connectivity index (χ4v) is 2.14. The van der Waals surface area contributed by atoms with Crippen molar-refractivity contribution in [2.75, 3.05) is 6.61 Å². The molecule has 0 aliphatic heterocycles. The summed E-state index contributed by atoms with van der Waals surface area (Å²) in [6.07, 6.45) is 0. The minimum absolute atomic E-state index is 0.209. The molecular formula is C17H15ClFNO3. The lowest BCUT2D eigenvalue weighted by molar-refractivity contribution is -0.124. The highest BCUT2D eigenvalue weighted by Gasteiger charge is 2.16. The summed E-state index contributed by atoms with van der Waals surface area (Å²) in [5.41, 5.74) is 0.620. The van der Waals surface area contributed by atoms with Gasteiger partial charge in [0.1, 0.15) is 5.82 Å². The van der Waals surface area contributed by atoms with Crippen LogP contribution < -0.4 is 5.32 Å². The van der Waals surface area contributed by atoms with Crippen LogP contribution in [0.5, 0.6) is 0 Å². The Morgan fingerprint density at radius 3 is 2.61 bits per heavy atom. The molecule has 6 heteroatoms. The zero-order valence-corrected chi connectivity index (χ0v) is 13.1. The molecule has 120 valence electrons. The number of carbonyl (C=O) groups is 2. The standard InChI is InChI=1S/C17H15ClFNO3/c1-11(12-5-3-2-4-6-12)20-16(21)10-23-17(22)14-9-13(18)7-8-15(14)19/h2-9,11H,10H2,1H3,(H,20,21)/t11-/m1/s1. The number of carbonyl (C=O) groups excluding carboxylic acids is 2. The van der Waals surface area contributed by atoms with Gasteiger partial charge in [-0.1, -0.05) is 41.9 Å². The van der Waals surface area contributed by atoms with Crippen molar-refractivity contribution >= 4 is 23.5 Å². The van der Waals surface area contributed by atoms with Gasteiger partial charge in [0.05, 0.1) is 11.6 Å². The van der Waals surface area contributed by atoms with Crippen LogP contribution in [-0.2, 0) is 9.53 Å². The Morgan fingerprint density at radius 1 is 1.22 bits per heavy atom. The summed E-state index contributed by atoms with van der Waals surface area (Å²) < 4.78 is 18.3. The van der Waals surface area contributed by atoms with Gasteiger partial charge in [-0.05, 0) is 30.7 Å². The van der Waals surface area contributed by atoms with Crippen molar-refractivity contribution in [1.82, 2.24) is 5.32 Å². The maximum absolute atomic E-state index is 13.5. The molecule has 4 nitrogen and oxygen atoms in total. The number of ether oxygens (including phenoxy) is 1. The normalized spacial score (nSPS) is 11.6. The molecule has 0 saturated heterocycles. The molecule has 1 atom stereocenters. The predicted molar refractivity (Wildman–Crippen MR) is 84.7 cm³/mol.